The van der Waals surface area contributed by atoms with Crippen LogP contribution < -0.4 is 10.1 Å². The first kappa shape index (κ1) is 24.8. The van der Waals surface area contributed by atoms with E-state index in [2.05, 4.69) is 9.88 Å². The Morgan fingerprint density at radius 2 is 1.69 bits per heavy atom. The molecule has 180 valence electrons. The summed E-state index contributed by atoms with van der Waals surface area (Å²) in [5.41, 5.74) is 5.80. The molecule has 36 heavy (non-hydrogen) atoms. The molecule has 0 bridgehead atoms. The number of carbonyl (C=O) groups excluding carboxylic acids is 1. The molecule has 6 heteroatoms. The van der Waals surface area contributed by atoms with Crippen LogP contribution in [0.4, 0.5) is 0 Å². The lowest BCUT2D eigenvalue weighted by Crippen LogP contribution is -2.23. The number of hydrogen-bond donors (Lipinski definition) is 1. The lowest BCUT2D eigenvalue weighted by atomic mass is 10.1. The number of rotatable bonds is 8. The second-order valence-corrected chi connectivity index (χ2v) is 8.85. The fourth-order valence-corrected chi connectivity index (χ4v) is 4.07. The normalized spacial score (nSPS) is 11.1. The number of ether oxygens (including phenoxy) is 1. The highest BCUT2D eigenvalue weighted by Crippen LogP contribution is 2.25. The summed E-state index contributed by atoms with van der Waals surface area (Å²) in [6, 6.07) is 29.0. The second kappa shape index (κ2) is 11.4. The van der Waals surface area contributed by atoms with Crippen molar-refractivity contribution in [2.24, 2.45) is 0 Å². The van der Waals surface area contributed by atoms with Gasteiger partial charge >= 0.3 is 0 Å². The van der Waals surface area contributed by atoms with Crippen LogP contribution in [-0.4, -0.2) is 10.5 Å². The number of hydrogen-bond acceptors (Lipinski definition) is 3. The van der Waals surface area contributed by atoms with Crippen molar-refractivity contribution in [2.75, 3.05) is 0 Å². The predicted octanol–water partition coefficient (Wildman–Crippen LogP) is 6.55. The molecule has 0 unspecified atom stereocenters. The van der Waals surface area contributed by atoms with E-state index >= 15 is 0 Å². The van der Waals surface area contributed by atoms with Gasteiger partial charge in [-0.05, 0) is 79.1 Å². The topological polar surface area (TPSA) is 67.0 Å². The summed E-state index contributed by atoms with van der Waals surface area (Å²) < 4.78 is 7.98. The highest BCUT2D eigenvalue weighted by Gasteiger charge is 2.14. The van der Waals surface area contributed by atoms with Crippen LogP contribution in [0.3, 0.4) is 0 Å². The minimum absolute atomic E-state index is 0.0668. The molecule has 0 atom stereocenters. The number of nitrogens with zero attached hydrogens (tertiary/aromatic N) is 2. The minimum Gasteiger partial charge on any atom is -0.489 e. The van der Waals surface area contributed by atoms with E-state index in [4.69, 9.17) is 16.3 Å². The predicted molar refractivity (Wildman–Crippen MR) is 143 cm³/mol. The quantitative estimate of drug-likeness (QED) is 0.222. The first-order valence-electron chi connectivity index (χ1n) is 11.5. The van der Waals surface area contributed by atoms with E-state index in [-0.39, 0.29) is 5.57 Å². The van der Waals surface area contributed by atoms with Crippen LogP contribution in [0.2, 0.25) is 5.02 Å². The van der Waals surface area contributed by atoms with Crippen molar-refractivity contribution in [3.63, 3.8) is 0 Å². The first-order chi connectivity index (χ1) is 17.4. The number of carbonyl (C=O) groups is 1. The molecule has 0 fully saturated rings. The van der Waals surface area contributed by atoms with Crippen LogP contribution in [0.25, 0.3) is 11.8 Å². The maximum atomic E-state index is 12.6. The van der Waals surface area contributed by atoms with Crippen LogP contribution in [-0.2, 0) is 17.9 Å². The zero-order valence-electron chi connectivity index (χ0n) is 20.2. The van der Waals surface area contributed by atoms with Crippen LogP contribution in [0.1, 0.15) is 28.1 Å². The molecule has 4 aromatic rings. The van der Waals surface area contributed by atoms with Gasteiger partial charge in [-0.1, -0.05) is 54.1 Å². The number of aryl methyl sites for hydroxylation is 1. The van der Waals surface area contributed by atoms with Gasteiger partial charge in [0, 0.05) is 28.6 Å². The maximum absolute atomic E-state index is 12.6. The third kappa shape index (κ3) is 6.04. The Kier molecular flexibility index (Phi) is 7.89. The van der Waals surface area contributed by atoms with Crippen LogP contribution >= 0.6 is 11.6 Å². The Hall–Kier alpha value is -4.27. The van der Waals surface area contributed by atoms with Gasteiger partial charge in [-0.3, -0.25) is 4.79 Å². The molecule has 3 aromatic carbocycles. The molecule has 1 N–H and O–H groups in total. The number of halogens is 1. The van der Waals surface area contributed by atoms with E-state index in [0.29, 0.717) is 18.2 Å². The molecule has 4 rings (SSSR count). The van der Waals surface area contributed by atoms with Crippen LogP contribution in [0.15, 0.2) is 90.5 Å². The Balaban J connectivity index is 1.47. The molecule has 5 nitrogen and oxygen atoms in total. The Morgan fingerprint density at radius 3 is 2.36 bits per heavy atom. The highest BCUT2D eigenvalue weighted by atomic mass is 35.5. The van der Waals surface area contributed by atoms with Gasteiger partial charge in [0.05, 0.1) is 0 Å². The molecule has 0 saturated carbocycles. The largest absolute Gasteiger partial charge is 0.489 e. The van der Waals surface area contributed by atoms with Gasteiger partial charge < -0.3 is 14.6 Å². The minimum atomic E-state index is -0.395. The van der Waals surface area contributed by atoms with Gasteiger partial charge in [0.2, 0.25) is 0 Å². The molecule has 0 aliphatic carbocycles. The Labute approximate surface area is 216 Å². The highest BCUT2D eigenvalue weighted by molar-refractivity contribution is 6.30. The van der Waals surface area contributed by atoms with Gasteiger partial charge in [-0.25, -0.2) is 0 Å². The molecular formula is C30H26ClN3O2. The lowest BCUT2D eigenvalue weighted by Gasteiger charge is -2.12. The van der Waals surface area contributed by atoms with Crippen LogP contribution in [0.5, 0.6) is 5.75 Å². The molecule has 1 aromatic heterocycles. The number of aromatic nitrogens is 1. The van der Waals surface area contributed by atoms with Crippen molar-refractivity contribution in [3.8, 4) is 17.5 Å². The average molecular weight is 496 g/mol. The lowest BCUT2D eigenvalue weighted by molar-refractivity contribution is -0.117. The second-order valence-electron chi connectivity index (χ2n) is 8.41. The third-order valence-electron chi connectivity index (χ3n) is 5.84. The SMILES string of the molecule is Cc1cc(/C=C(/C#N)C(=O)NCc2ccccc2)c(C)n1-c1ccc(OCc2ccc(Cl)cc2)cc1. The maximum Gasteiger partial charge on any atom is 0.262 e. The van der Waals surface area contributed by atoms with Gasteiger partial charge in [0.1, 0.15) is 24.0 Å². The number of benzene rings is 3. The van der Waals surface area contributed by atoms with Crippen LogP contribution in [0, 0.1) is 25.2 Å². The van der Waals surface area contributed by atoms with E-state index in [9.17, 15) is 10.1 Å². The number of amides is 1. The molecule has 0 aliphatic heterocycles. The van der Waals surface area contributed by atoms with Crippen molar-refractivity contribution in [1.29, 1.82) is 5.26 Å². The Bertz CT molecular complexity index is 1410. The summed E-state index contributed by atoms with van der Waals surface area (Å²) in [6.45, 7) is 4.79. The van der Waals surface area contributed by atoms with Gasteiger partial charge in [0.15, 0.2) is 0 Å². The number of nitrogens with one attached hydrogen (secondary N) is 1. The van der Waals surface area contributed by atoms with E-state index < -0.39 is 5.91 Å². The number of nitriles is 1. The first-order valence-corrected chi connectivity index (χ1v) is 11.9. The van der Waals surface area contributed by atoms with E-state index in [0.717, 1.165) is 39.5 Å². The zero-order chi connectivity index (χ0) is 25.5. The summed E-state index contributed by atoms with van der Waals surface area (Å²) in [5, 5.41) is 13.1. The smallest absolute Gasteiger partial charge is 0.262 e. The fourth-order valence-electron chi connectivity index (χ4n) is 3.95. The molecule has 1 heterocycles. The van der Waals surface area contributed by atoms with Crippen molar-refractivity contribution in [3.05, 3.63) is 124 Å². The third-order valence-corrected chi connectivity index (χ3v) is 6.10. The standard InChI is InChI=1S/C30H26ClN3O2/c1-21-16-25(17-26(18-32)30(35)33-19-23-6-4-3-5-7-23)22(2)34(21)28-12-14-29(15-13-28)36-20-24-8-10-27(31)11-9-24/h3-17H,19-20H2,1-2H3,(H,33,35)/b26-17-. The summed E-state index contributed by atoms with van der Waals surface area (Å²) in [5.74, 6) is 0.367. The summed E-state index contributed by atoms with van der Waals surface area (Å²) in [7, 11) is 0. The molecule has 0 saturated heterocycles. The fraction of sp³-hybridized carbons (Fsp3) is 0.133. The van der Waals surface area contributed by atoms with Gasteiger partial charge in [-0.2, -0.15) is 5.26 Å². The van der Waals surface area contributed by atoms with Gasteiger partial charge in [0.25, 0.3) is 5.91 Å². The molecule has 0 radical (unpaired) electrons. The zero-order valence-corrected chi connectivity index (χ0v) is 20.9. The van der Waals surface area contributed by atoms with E-state index in [1.54, 1.807) is 6.08 Å². The van der Waals surface area contributed by atoms with Gasteiger partial charge in [-0.15, -0.1) is 0 Å². The molecule has 1 amide bonds. The summed E-state index contributed by atoms with van der Waals surface area (Å²) >= 11 is 5.94. The molecule has 0 spiro atoms. The monoisotopic (exact) mass is 495 g/mol. The van der Waals surface area contributed by atoms with Crippen molar-refractivity contribution in [2.45, 2.75) is 27.0 Å². The van der Waals surface area contributed by atoms with Crippen molar-refractivity contribution in [1.82, 2.24) is 9.88 Å². The Morgan fingerprint density at radius 1 is 1.00 bits per heavy atom. The van der Waals surface area contributed by atoms with E-state index in [1.807, 2.05) is 105 Å². The molecular weight excluding hydrogens is 470 g/mol. The molecule has 0 aliphatic rings. The van der Waals surface area contributed by atoms with E-state index in [1.165, 1.54) is 0 Å². The summed E-state index contributed by atoms with van der Waals surface area (Å²) in [4.78, 5) is 12.6. The average Bonchev–Trinajstić information content (AvgIpc) is 3.18. The summed E-state index contributed by atoms with van der Waals surface area (Å²) in [6.07, 6.45) is 1.64. The van der Waals surface area contributed by atoms with Crippen molar-refractivity contribution >= 4 is 23.6 Å². The van der Waals surface area contributed by atoms with Crippen molar-refractivity contribution < 1.29 is 9.53 Å².